The number of hydrogen-bond donors (Lipinski definition) is 0. The van der Waals surface area contributed by atoms with Gasteiger partial charge in [0.2, 0.25) is 10.0 Å². The zero-order chi connectivity index (χ0) is 16.4. The first-order valence-electron chi connectivity index (χ1n) is 7.23. The van der Waals surface area contributed by atoms with Crippen molar-refractivity contribution < 1.29 is 12.8 Å². The molecule has 2 aromatic rings. The summed E-state index contributed by atoms with van der Waals surface area (Å²) in [7, 11) is -3.48. The molecular weight excluding hydrogens is 383 g/mol. The number of rotatable bonds is 3. The normalized spacial score (nSPS) is 16.5. The monoisotopic (exact) mass is 398 g/mol. The number of halogens is 2. The van der Waals surface area contributed by atoms with Crippen LogP contribution in [0.4, 0.5) is 10.1 Å². The Labute approximate surface area is 143 Å². The third-order valence-electron chi connectivity index (χ3n) is 3.86. The van der Waals surface area contributed by atoms with E-state index < -0.39 is 10.0 Å². The molecule has 0 bridgehead atoms. The van der Waals surface area contributed by atoms with E-state index in [1.165, 1.54) is 16.4 Å². The van der Waals surface area contributed by atoms with Gasteiger partial charge in [0.25, 0.3) is 0 Å². The largest absolute Gasteiger partial charge is 0.369 e. The molecule has 0 atom stereocenters. The van der Waals surface area contributed by atoms with Crippen molar-refractivity contribution in [2.45, 2.75) is 4.90 Å². The lowest BCUT2D eigenvalue weighted by atomic mass is 10.2. The first-order valence-corrected chi connectivity index (χ1v) is 9.46. The molecule has 0 amide bonds. The van der Waals surface area contributed by atoms with Gasteiger partial charge in [-0.05, 0) is 42.5 Å². The molecular formula is C16H16BrFN2O2S. The first-order chi connectivity index (χ1) is 11.0. The van der Waals surface area contributed by atoms with Crippen molar-refractivity contribution in [2.75, 3.05) is 31.1 Å². The second-order valence-electron chi connectivity index (χ2n) is 5.32. The van der Waals surface area contributed by atoms with Crippen LogP contribution in [0.25, 0.3) is 0 Å². The Morgan fingerprint density at radius 2 is 1.61 bits per heavy atom. The number of piperazine rings is 1. The average molecular weight is 399 g/mol. The van der Waals surface area contributed by atoms with Crippen LogP contribution < -0.4 is 4.90 Å². The fourth-order valence-electron chi connectivity index (χ4n) is 2.62. The Morgan fingerprint density at radius 3 is 2.22 bits per heavy atom. The summed E-state index contributed by atoms with van der Waals surface area (Å²) < 4.78 is 40.9. The van der Waals surface area contributed by atoms with Crippen molar-refractivity contribution >= 4 is 31.6 Å². The highest BCUT2D eigenvalue weighted by Gasteiger charge is 2.28. The van der Waals surface area contributed by atoms with Crippen LogP contribution in [0, 0.1) is 5.82 Å². The molecule has 0 aliphatic carbocycles. The molecule has 1 saturated heterocycles. The minimum absolute atomic E-state index is 0.285. The Hall–Kier alpha value is -1.44. The zero-order valence-electron chi connectivity index (χ0n) is 12.3. The molecule has 122 valence electrons. The molecule has 0 N–H and O–H groups in total. The summed E-state index contributed by atoms with van der Waals surface area (Å²) in [5.41, 5.74) is 0.783. The molecule has 0 spiro atoms. The summed E-state index contributed by atoms with van der Waals surface area (Å²) in [6.07, 6.45) is 0. The van der Waals surface area contributed by atoms with Gasteiger partial charge in [0.1, 0.15) is 5.82 Å². The summed E-state index contributed by atoms with van der Waals surface area (Å²) in [5.74, 6) is -0.285. The van der Waals surface area contributed by atoms with Crippen molar-refractivity contribution in [2.24, 2.45) is 0 Å². The van der Waals surface area contributed by atoms with Gasteiger partial charge in [-0.25, -0.2) is 12.8 Å². The van der Waals surface area contributed by atoms with E-state index >= 15 is 0 Å². The highest BCUT2D eigenvalue weighted by Crippen LogP contribution is 2.22. The topological polar surface area (TPSA) is 40.6 Å². The number of hydrogen-bond acceptors (Lipinski definition) is 3. The van der Waals surface area contributed by atoms with Crippen molar-refractivity contribution in [1.82, 2.24) is 4.31 Å². The summed E-state index contributed by atoms with van der Waals surface area (Å²) in [6.45, 7) is 1.85. The van der Waals surface area contributed by atoms with E-state index in [0.717, 1.165) is 10.2 Å². The lowest BCUT2D eigenvalue weighted by Crippen LogP contribution is -2.48. The zero-order valence-corrected chi connectivity index (χ0v) is 14.7. The molecule has 0 aromatic heterocycles. The van der Waals surface area contributed by atoms with Gasteiger partial charge in [-0.1, -0.05) is 22.0 Å². The third-order valence-corrected chi connectivity index (χ3v) is 6.30. The molecule has 2 aromatic carbocycles. The molecule has 0 unspecified atom stereocenters. The van der Waals surface area contributed by atoms with Gasteiger partial charge in [0.05, 0.1) is 4.90 Å². The fourth-order valence-corrected chi connectivity index (χ4v) is 4.30. The highest BCUT2D eigenvalue weighted by molar-refractivity contribution is 9.10. The number of sulfonamides is 1. The summed E-state index contributed by atoms with van der Waals surface area (Å²) in [6, 6.07) is 13.0. The Kier molecular flexibility index (Phi) is 4.70. The van der Waals surface area contributed by atoms with Gasteiger partial charge in [-0.2, -0.15) is 4.31 Å². The predicted octanol–water partition coefficient (Wildman–Crippen LogP) is 3.10. The predicted molar refractivity (Wildman–Crippen MR) is 91.5 cm³/mol. The quantitative estimate of drug-likeness (QED) is 0.797. The van der Waals surface area contributed by atoms with Gasteiger partial charge in [-0.3, -0.25) is 0 Å². The van der Waals surface area contributed by atoms with Crippen molar-refractivity contribution in [3.63, 3.8) is 0 Å². The minimum Gasteiger partial charge on any atom is -0.369 e. The van der Waals surface area contributed by atoms with Crippen LogP contribution in [0.2, 0.25) is 0 Å². The van der Waals surface area contributed by atoms with Crippen LogP contribution in [-0.2, 0) is 10.0 Å². The molecule has 0 saturated carbocycles. The molecule has 23 heavy (non-hydrogen) atoms. The molecule has 3 rings (SSSR count). The Morgan fingerprint density at radius 1 is 0.957 bits per heavy atom. The second-order valence-corrected chi connectivity index (χ2v) is 8.18. The van der Waals surface area contributed by atoms with Crippen LogP contribution in [0.15, 0.2) is 57.9 Å². The number of benzene rings is 2. The summed E-state index contributed by atoms with van der Waals surface area (Å²) in [4.78, 5) is 2.29. The van der Waals surface area contributed by atoms with E-state index in [1.54, 1.807) is 30.3 Å². The molecule has 7 heteroatoms. The molecule has 1 aliphatic heterocycles. The van der Waals surface area contributed by atoms with E-state index in [2.05, 4.69) is 15.9 Å². The summed E-state index contributed by atoms with van der Waals surface area (Å²) in [5, 5.41) is 0. The van der Waals surface area contributed by atoms with E-state index in [1.807, 2.05) is 11.0 Å². The molecule has 1 fully saturated rings. The standard InChI is InChI=1S/C16H16BrFN2O2S/c17-13-4-6-16(7-5-13)23(21,22)20-10-8-19(9-11-20)15-3-1-2-14(18)12-15/h1-7,12H,8-11H2. The van der Waals surface area contributed by atoms with E-state index in [0.29, 0.717) is 31.1 Å². The van der Waals surface area contributed by atoms with Crippen LogP contribution in [0.1, 0.15) is 0 Å². The maximum atomic E-state index is 13.3. The fraction of sp³-hybridized carbons (Fsp3) is 0.250. The lowest BCUT2D eigenvalue weighted by Gasteiger charge is -2.35. The third kappa shape index (κ3) is 3.57. The van der Waals surface area contributed by atoms with Crippen LogP contribution in [0.3, 0.4) is 0 Å². The number of anilines is 1. The minimum atomic E-state index is -3.48. The maximum absolute atomic E-state index is 13.3. The van der Waals surface area contributed by atoms with Crippen molar-refractivity contribution in [3.05, 3.63) is 58.8 Å². The Bertz CT molecular complexity index is 788. The molecule has 0 radical (unpaired) electrons. The van der Waals surface area contributed by atoms with E-state index in [-0.39, 0.29) is 5.82 Å². The van der Waals surface area contributed by atoms with Crippen LogP contribution in [0.5, 0.6) is 0 Å². The second kappa shape index (κ2) is 6.59. The lowest BCUT2D eigenvalue weighted by molar-refractivity contribution is 0.384. The van der Waals surface area contributed by atoms with Crippen molar-refractivity contribution in [1.29, 1.82) is 0 Å². The first kappa shape index (κ1) is 16.4. The van der Waals surface area contributed by atoms with Crippen molar-refractivity contribution in [3.8, 4) is 0 Å². The van der Waals surface area contributed by atoms with Crippen LogP contribution in [-0.4, -0.2) is 38.9 Å². The summed E-state index contributed by atoms with van der Waals surface area (Å²) >= 11 is 3.30. The van der Waals surface area contributed by atoms with Gasteiger partial charge in [-0.15, -0.1) is 0 Å². The molecule has 4 nitrogen and oxygen atoms in total. The van der Waals surface area contributed by atoms with Crippen LogP contribution >= 0.6 is 15.9 Å². The van der Waals surface area contributed by atoms with E-state index in [9.17, 15) is 12.8 Å². The Balaban J connectivity index is 1.72. The SMILES string of the molecule is O=S(=O)(c1ccc(Br)cc1)N1CCN(c2cccc(F)c2)CC1. The smallest absolute Gasteiger partial charge is 0.243 e. The average Bonchev–Trinajstić information content (AvgIpc) is 2.55. The molecule has 1 aliphatic rings. The van der Waals surface area contributed by atoms with Gasteiger partial charge in [0.15, 0.2) is 0 Å². The maximum Gasteiger partial charge on any atom is 0.243 e. The van der Waals surface area contributed by atoms with Gasteiger partial charge < -0.3 is 4.90 Å². The number of nitrogens with zero attached hydrogens (tertiary/aromatic N) is 2. The highest BCUT2D eigenvalue weighted by atomic mass is 79.9. The van der Waals surface area contributed by atoms with E-state index in [4.69, 9.17) is 0 Å². The van der Waals surface area contributed by atoms with Gasteiger partial charge >= 0.3 is 0 Å². The molecule has 1 heterocycles. The van der Waals surface area contributed by atoms with Gasteiger partial charge in [0, 0.05) is 36.3 Å².